The highest BCUT2D eigenvalue weighted by molar-refractivity contribution is 5.70. The van der Waals surface area contributed by atoms with E-state index in [0.717, 1.165) is 19.6 Å². The van der Waals surface area contributed by atoms with Gasteiger partial charge in [0.25, 0.3) is 0 Å². The van der Waals surface area contributed by atoms with Crippen LogP contribution in [0.2, 0.25) is 0 Å². The Morgan fingerprint density at radius 2 is 1.94 bits per heavy atom. The van der Waals surface area contributed by atoms with E-state index in [1.165, 1.54) is 44.9 Å². The molecule has 0 spiro atoms. The molecule has 2 aliphatic heterocycles. The molecule has 3 aliphatic rings. The number of hydrogen-bond donors (Lipinski definition) is 1. The van der Waals surface area contributed by atoms with Crippen molar-refractivity contribution in [3.8, 4) is 0 Å². The predicted octanol–water partition coefficient (Wildman–Crippen LogP) is 2.14. The number of carbonyl (C=O) groups is 1. The van der Waals surface area contributed by atoms with Gasteiger partial charge in [0.1, 0.15) is 6.10 Å². The van der Waals surface area contributed by atoms with Gasteiger partial charge in [-0.3, -0.25) is 0 Å². The minimum absolute atomic E-state index is 0.0579. The van der Waals surface area contributed by atoms with Gasteiger partial charge in [-0.15, -0.1) is 0 Å². The molecule has 1 N–H and O–H groups in total. The molecule has 2 saturated heterocycles. The van der Waals surface area contributed by atoms with Gasteiger partial charge in [0.15, 0.2) is 0 Å². The largest absolute Gasteiger partial charge is 0.444 e. The molecule has 4 nitrogen and oxygen atoms in total. The van der Waals surface area contributed by atoms with E-state index >= 15 is 0 Å². The van der Waals surface area contributed by atoms with E-state index < -0.39 is 0 Å². The average molecular weight is 252 g/mol. The molecule has 4 heteroatoms. The lowest BCUT2D eigenvalue weighted by molar-refractivity contribution is 0.0914. The van der Waals surface area contributed by atoms with Gasteiger partial charge in [0, 0.05) is 18.5 Å². The Bertz CT molecular complexity index is 296. The molecular formula is C14H24N2O2. The number of hydrogen-bond acceptors (Lipinski definition) is 3. The van der Waals surface area contributed by atoms with Crippen LogP contribution in [0.15, 0.2) is 0 Å². The standard InChI is InChI=1S/C14H24N2O2/c17-14-16(12-6-2-1-3-7-12)10-13(18-14)11-5-4-8-15-9-11/h11-13,15H,1-10H2. The van der Waals surface area contributed by atoms with E-state index in [1.54, 1.807) is 0 Å². The quantitative estimate of drug-likeness (QED) is 0.818. The van der Waals surface area contributed by atoms with Gasteiger partial charge < -0.3 is 15.0 Å². The van der Waals surface area contributed by atoms with Gasteiger partial charge in [0.2, 0.25) is 0 Å². The highest BCUT2D eigenvalue weighted by atomic mass is 16.6. The van der Waals surface area contributed by atoms with E-state index in [9.17, 15) is 4.79 Å². The van der Waals surface area contributed by atoms with Crippen LogP contribution in [0.5, 0.6) is 0 Å². The molecule has 3 fully saturated rings. The zero-order chi connectivity index (χ0) is 12.4. The van der Waals surface area contributed by atoms with E-state index in [-0.39, 0.29) is 12.2 Å². The van der Waals surface area contributed by atoms with Crippen molar-refractivity contribution in [2.24, 2.45) is 5.92 Å². The summed E-state index contributed by atoms with van der Waals surface area (Å²) in [4.78, 5) is 14.0. The fourth-order valence-corrected chi connectivity index (χ4v) is 3.64. The number of carbonyl (C=O) groups excluding carboxylic acids is 1. The normalized spacial score (nSPS) is 34.7. The van der Waals surface area contributed by atoms with Crippen molar-refractivity contribution in [3.05, 3.63) is 0 Å². The summed E-state index contributed by atoms with van der Waals surface area (Å²) in [6, 6.07) is 0.452. The van der Waals surface area contributed by atoms with Crippen molar-refractivity contribution in [2.75, 3.05) is 19.6 Å². The molecule has 102 valence electrons. The zero-order valence-corrected chi connectivity index (χ0v) is 11.1. The summed E-state index contributed by atoms with van der Waals surface area (Å²) in [6.45, 7) is 2.95. The summed E-state index contributed by atoms with van der Waals surface area (Å²) < 4.78 is 5.61. The Morgan fingerprint density at radius 3 is 2.67 bits per heavy atom. The molecule has 0 aromatic heterocycles. The van der Waals surface area contributed by atoms with Crippen molar-refractivity contribution in [1.29, 1.82) is 0 Å². The maximum Gasteiger partial charge on any atom is 0.410 e. The van der Waals surface area contributed by atoms with Crippen LogP contribution in [0.25, 0.3) is 0 Å². The number of nitrogens with one attached hydrogen (secondary N) is 1. The zero-order valence-electron chi connectivity index (χ0n) is 11.1. The van der Waals surface area contributed by atoms with E-state index in [2.05, 4.69) is 5.32 Å². The smallest absolute Gasteiger partial charge is 0.410 e. The summed E-state index contributed by atoms with van der Waals surface area (Å²) in [5.41, 5.74) is 0. The number of cyclic esters (lactones) is 1. The molecule has 3 rings (SSSR count). The van der Waals surface area contributed by atoms with Crippen molar-refractivity contribution in [3.63, 3.8) is 0 Å². The van der Waals surface area contributed by atoms with Gasteiger partial charge in [0.05, 0.1) is 6.54 Å². The number of nitrogens with zero attached hydrogens (tertiary/aromatic N) is 1. The van der Waals surface area contributed by atoms with Gasteiger partial charge in [-0.2, -0.15) is 0 Å². The predicted molar refractivity (Wildman–Crippen MR) is 69.4 cm³/mol. The van der Waals surface area contributed by atoms with Gasteiger partial charge in [-0.05, 0) is 32.2 Å². The third-order valence-electron chi connectivity index (χ3n) is 4.74. The molecule has 0 radical (unpaired) electrons. The Hall–Kier alpha value is -0.770. The first-order valence-electron chi connectivity index (χ1n) is 7.52. The van der Waals surface area contributed by atoms with E-state index in [1.807, 2.05) is 4.90 Å². The van der Waals surface area contributed by atoms with Crippen LogP contribution in [-0.4, -0.2) is 42.8 Å². The fourth-order valence-electron chi connectivity index (χ4n) is 3.64. The molecule has 0 bridgehead atoms. The summed E-state index contributed by atoms with van der Waals surface area (Å²) >= 11 is 0. The molecule has 0 aromatic rings. The average Bonchev–Trinajstić information content (AvgIpc) is 2.83. The lowest BCUT2D eigenvalue weighted by Crippen LogP contribution is -2.41. The first kappa shape index (κ1) is 12.3. The summed E-state index contributed by atoms with van der Waals surface area (Å²) in [6.07, 6.45) is 8.69. The Morgan fingerprint density at radius 1 is 1.11 bits per heavy atom. The monoisotopic (exact) mass is 252 g/mol. The van der Waals surface area contributed by atoms with Crippen molar-refractivity contribution in [1.82, 2.24) is 10.2 Å². The van der Waals surface area contributed by atoms with Crippen LogP contribution in [-0.2, 0) is 4.74 Å². The van der Waals surface area contributed by atoms with Crippen molar-refractivity contribution < 1.29 is 9.53 Å². The molecule has 1 amide bonds. The number of amides is 1. The second kappa shape index (κ2) is 5.47. The van der Waals surface area contributed by atoms with Crippen LogP contribution >= 0.6 is 0 Å². The maximum atomic E-state index is 12.0. The third kappa shape index (κ3) is 2.48. The molecule has 1 aliphatic carbocycles. The minimum atomic E-state index is -0.0579. The summed E-state index contributed by atoms with van der Waals surface area (Å²) in [7, 11) is 0. The minimum Gasteiger partial charge on any atom is -0.444 e. The second-order valence-electron chi connectivity index (χ2n) is 5.97. The SMILES string of the molecule is O=C1OC(C2CCCNC2)CN1C1CCCCC1. The topological polar surface area (TPSA) is 41.6 Å². The molecule has 2 heterocycles. The van der Waals surface area contributed by atoms with Gasteiger partial charge in [-0.25, -0.2) is 4.79 Å². The molecular weight excluding hydrogens is 228 g/mol. The van der Waals surface area contributed by atoms with Gasteiger partial charge in [-0.1, -0.05) is 19.3 Å². The Labute approximate surface area is 109 Å². The van der Waals surface area contributed by atoms with Crippen LogP contribution < -0.4 is 5.32 Å². The third-order valence-corrected chi connectivity index (χ3v) is 4.74. The first-order chi connectivity index (χ1) is 8.84. The van der Waals surface area contributed by atoms with E-state index in [4.69, 9.17) is 4.74 Å². The van der Waals surface area contributed by atoms with Crippen LogP contribution in [0.1, 0.15) is 44.9 Å². The Balaban J connectivity index is 1.58. The molecule has 2 unspecified atom stereocenters. The molecule has 0 aromatic carbocycles. The lowest BCUT2D eigenvalue weighted by Gasteiger charge is -2.30. The second-order valence-corrected chi connectivity index (χ2v) is 5.97. The maximum absolute atomic E-state index is 12.0. The van der Waals surface area contributed by atoms with E-state index in [0.29, 0.717) is 12.0 Å². The van der Waals surface area contributed by atoms with Crippen molar-refractivity contribution >= 4 is 6.09 Å². The number of rotatable bonds is 2. The first-order valence-corrected chi connectivity index (χ1v) is 7.52. The summed E-state index contributed by atoms with van der Waals surface area (Å²) in [5.74, 6) is 0.524. The van der Waals surface area contributed by atoms with Crippen LogP contribution in [0, 0.1) is 5.92 Å². The Kier molecular flexibility index (Phi) is 3.73. The highest BCUT2D eigenvalue weighted by Gasteiger charge is 2.40. The van der Waals surface area contributed by atoms with Gasteiger partial charge >= 0.3 is 6.09 Å². The number of piperidine rings is 1. The summed E-state index contributed by atoms with van der Waals surface area (Å²) in [5, 5.41) is 3.41. The van der Waals surface area contributed by atoms with Crippen molar-refractivity contribution in [2.45, 2.75) is 57.1 Å². The van der Waals surface area contributed by atoms with Crippen LogP contribution in [0.3, 0.4) is 0 Å². The lowest BCUT2D eigenvalue weighted by atomic mass is 9.92. The number of ether oxygens (including phenoxy) is 1. The fraction of sp³-hybridized carbons (Fsp3) is 0.929. The molecule has 1 saturated carbocycles. The highest BCUT2D eigenvalue weighted by Crippen LogP contribution is 2.29. The van der Waals surface area contributed by atoms with Crippen LogP contribution in [0.4, 0.5) is 4.79 Å². The molecule has 2 atom stereocenters. The molecule has 18 heavy (non-hydrogen) atoms.